The zero-order valence-corrected chi connectivity index (χ0v) is 21.9. The quantitative estimate of drug-likeness (QED) is 0.552. The molecular formula is C28H43N3O4. The second-order valence-corrected chi connectivity index (χ2v) is 11.0. The Morgan fingerprint density at radius 2 is 1.97 bits per heavy atom. The summed E-state index contributed by atoms with van der Waals surface area (Å²) in [5.41, 5.74) is 4.95. The highest BCUT2D eigenvalue weighted by molar-refractivity contribution is 5.97. The van der Waals surface area contributed by atoms with Gasteiger partial charge in [-0.1, -0.05) is 6.08 Å². The van der Waals surface area contributed by atoms with Crippen LogP contribution in [0.15, 0.2) is 34.6 Å². The van der Waals surface area contributed by atoms with E-state index in [0.717, 1.165) is 51.2 Å². The number of aliphatic hydroxyl groups excluding tert-OH is 1. The Kier molecular flexibility index (Phi) is 8.38. The van der Waals surface area contributed by atoms with Gasteiger partial charge in [0, 0.05) is 51.0 Å². The first-order chi connectivity index (χ1) is 16.8. The summed E-state index contributed by atoms with van der Waals surface area (Å²) in [6, 6.07) is 0.0191. The SMILES string of the molecule is CC(C)NC(=O)CC[C@@H](CO)N(C)C(=O)C1=CCC2C(=C1)C1=C(CCC(C3CCOCC3)C1)N2C. The van der Waals surface area contributed by atoms with Crippen LogP contribution in [-0.2, 0) is 14.3 Å². The largest absolute Gasteiger partial charge is 0.394 e. The van der Waals surface area contributed by atoms with Crippen molar-refractivity contribution in [2.75, 3.05) is 33.9 Å². The molecule has 2 amide bonds. The zero-order valence-electron chi connectivity index (χ0n) is 21.9. The molecule has 1 saturated heterocycles. The molecular weight excluding hydrogens is 442 g/mol. The van der Waals surface area contributed by atoms with Gasteiger partial charge >= 0.3 is 0 Å². The van der Waals surface area contributed by atoms with E-state index in [1.54, 1.807) is 11.9 Å². The summed E-state index contributed by atoms with van der Waals surface area (Å²) in [4.78, 5) is 29.5. The topological polar surface area (TPSA) is 82.1 Å². The summed E-state index contributed by atoms with van der Waals surface area (Å²) >= 11 is 0. The molecule has 194 valence electrons. The average molecular weight is 486 g/mol. The third-order valence-corrected chi connectivity index (χ3v) is 8.45. The summed E-state index contributed by atoms with van der Waals surface area (Å²) in [5, 5.41) is 12.8. The number of carbonyl (C=O) groups is 2. The number of amides is 2. The predicted molar refractivity (Wildman–Crippen MR) is 136 cm³/mol. The molecule has 2 heterocycles. The lowest BCUT2D eigenvalue weighted by Crippen LogP contribution is -2.41. The summed E-state index contributed by atoms with van der Waals surface area (Å²) in [6.45, 7) is 5.46. The van der Waals surface area contributed by atoms with E-state index in [1.165, 1.54) is 23.3 Å². The van der Waals surface area contributed by atoms with Gasteiger partial charge in [0.2, 0.25) is 5.91 Å². The lowest BCUT2D eigenvalue weighted by Gasteiger charge is -2.34. The van der Waals surface area contributed by atoms with Crippen molar-refractivity contribution in [3.63, 3.8) is 0 Å². The second kappa shape index (κ2) is 11.3. The highest BCUT2D eigenvalue weighted by atomic mass is 16.5. The van der Waals surface area contributed by atoms with Crippen LogP contribution in [0, 0.1) is 11.8 Å². The van der Waals surface area contributed by atoms with Gasteiger partial charge in [-0.3, -0.25) is 9.59 Å². The molecule has 0 saturated carbocycles. The van der Waals surface area contributed by atoms with Gasteiger partial charge in [-0.2, -0.15) is 0 Å². The first kappa shape index (κ1) is 26.0. The van der Waals surface area contributed by atoms with Crippen molar-refractivity contribution < 1.29 is 19.4 Å². The molecule has 0 bridgehead atoms. The van der Waals surface area contributed by atoms with Crippen LogP contribution < -0.4 is 5.32 Å². The summed E-state index contributed by atoms with van der Waals surface area (Å²) in [7, 11) is 3.94. The molecule has 2 N–H and O–H groups in total. The number of hydrogen-bond acceptors (Lipinski definition) is 5. The fourth-order valence-electron chi connectivity index (χ4n) is 6.37. The van der Waals surface area contributed by atoms with E-state index in [4.69, 9.17) is 4.74 Å². The van der Waals surface area contributed by atoms with Gasteiger partial charge in [-0.15, -0.1) is 0 Å². The molecule has 2 aliphatic carbocycles. The fraction of sp³-hybridized carbons (Fsp3) is 0.714. The van der Waals surface area contributed by atoms with Crippen molar-refractivity contribution >= 4 is 11.8 Å². The number of likely N-dealkylation sites (N-methyl/N-ethyl adjacent to an activating group) is 2. The second-order valence-electron chi connectivity index (χ2n) is 11.0. The maximum absolute atomic E-state index is 13.4. The molecule has 35 heavy (non-hydrogen) atoms. The van der Waals surface area contributed by atoms with Crippen molar-refractivity contribution in [1.82, 2.24) is 15.1 Å². The summed E-state index contributed by atoms with van der Waals surface area (Å²) in [6.07, 6.45) is 11.5. The molecule has 4 aliphatic rings. The Hall–Kier alpha value is -2.12. The third-order valence-electron chi connectivity index (χ3n) is 8.45. The lowest BCUT2D eigenvalue weighted by atomic mass is 9.74. The number of aliphatic hydroxyl groups is 1. The van der Waals surface area contributed by atoms with Gasteiger partial charge in [-0.05, 0) is 87.9 Å². The number of fused-ring (bicyclic) bond motifs is 2. The standard InChI is InChI=1S/C28H43N3O4/c1-18(2)29-27(33)10-7-22(17-32)30(3)28(34)21-6-9-26-24(16-21)23-15-20(5-8-25(23)31(26)4)19-11-13-35-14-12-19/h6,16,18-20,22,26,32H,5,7-15,17H2,1-4H3,(H,29,33)/t20?,22-,26?/m0/s1. The van der Waals surface area contributed by atoms with Crippen LogP contribution >= 0.6 is 0 Å². The number of rotatable bonds is 8. The maximum atomic E-state index is 13.4. The highest BCUT2D eigenvalue weighted by Gasteiger charge is 2.40. The van der Waals surface area contributed by atoms with Crippen LogP contribution in [0.2, 0.25) is 0 Å². The van der Waals surface area contributed by atoms with Crippen LogP contribution in [-0.4, -0.2) is 78.8 Å². The van der Waals surface area contributed by atoms with Crippen molar-refractivity contribution in [2.24, 2.45) is 11.8 Å². The average Bonchev–Trinajstić information content (AvgIpc) is 3.14. The first-order valence-corrected chi connectivity index (χ1v) is 13.4. The number of carbonyl (C=O) groups excluding carboxylic acids is 2. The minimum atomic E-state index is -0.383. The Morgan fingerprint density at radius 1 is 1.23 bits per heavy atom. The molecule has 2 aliphatic heterocycles. The zero-order chi connectivity index (χ0) is 25.1. The van der Waals surface area contributed by atoms with Gasteiger partial charge in [0.05, 0.1) is 18.7 Å². The molecule has 0 aromatic heterocycles. The van der Waals surface area contributed by atoms with E-state index in [9.17, 15) is 14.7 Å². The number of ether oxygens (including phenoxy) is 1. The van der Waals surface area contributed by atoms with Crippen molar-refractivity contribution in [2.45, 2.75) is 83.3 Å². The minimum absolute atomic E-state index is 0.0500. The molecule has 7 heteroatoms. The van der Waals surface area contributed by atoms with Crippen LogP contribution in [0.3, 0.4) is 0 Å². The Labute approximate surface area is 210 Å². The lowest BCUT2D eigenvalue weighted by molar-refractivity contribution is -0.129. The molecule has 4 rings (SSSR count). The van der Waals surface area contributed by atoms with Crippen molar-refractivity contribution in [3.8, 4) is 0 Å². The van der Waals surface area contributed by atoms with Crippen LogP contribution in [0.5, 0.6) is 0 Å². The summed E-state index contributed by atoms with van der Waals surface area (Å²) < 4.78 is 5.60. The van der Waals surface area contributed by atoms with E-state index < -0.39 is 0 Å². The van der Waals surface area contributed by atoms with Gasteiger partial charge in [0.1, 0.15) is 0 Å². The molecule has 2 unspecified atom stereocenters. The van der Waals surface area contributed by atoms with E-state index in [-0.39, 0.29) is 36.9 Å². The Bertz CT molecular complexity index is 900. The van der Waals surface area contributed by atoms with Crippen LogP contribution in [0.1, 0.15) is 65.2 Å². The molecule has 0 radical (unpaired) electrons. The number of hydrogen-bond donors (Lipinski definition) is 2. The number of allylic oxidation sites excluding steroid dienone is 1. The summed E-state index contributed by atoms with van der Waals surface area (Å²) in [5.74, 6) is 1.32. The van der Waals surface area contributed by atoms with Crippen LogP contribution in [0.25, 0.3) is 0 Å². The van der Waals surface area contributed by atoms with Crippen molar-refractivity contribution in [1.29, 1.82) is 0 Å². The highest BCUT2D eigenvalue weighted by Crippen LogP contribution is 2.48. The molecule has 0 aromatic carbocycles. The number of nitrogens with zero attached hydrogens (tertiary/aromatic N) is 2. The van der Waals surface area contributed by atoms with Crippen LogP contribution in [0.4, 0.5) is 0 Å². The van der Waals surface area contributed by atoms with E-state index in [1.807, 2.05) is 13.8 Å². The normalized spacial score (nSPS) is 25.6. The number of nitrogens with one attached hydrogen (secondary N) is 1. The van der Waals surface area contributed by atoms with Gasteiger partial charge in [-0.25, -0.2) is 0 Å². The molecule has 3 atom stereocenters. The molecule has 1 fully saturated rings. The monoisotopic (exact) mass is 485 g/mol. The Balaban J connectivity index is 1.44. The first-order valence-electron chi connectivity index (χ1n) is 13.4. The smallest absolute Gasteiger partial charge is 0.253 e. The molecule has 0 aromatic rings. The maximum Gasteiger partial charge on any atom is 0.253 e. The van der Waals surface area contributed by atoms with E-state index in [2.05, 4.69) is 29.4 Å². The third kappa shape index (κ3) is 5.67. The van der Waals surface area contributed by atoms with E-state index >= 15 is 0 Å². The fourth-order valence-corrected chi connectivity index (χ4v) is 6.37. The molecule has 0 spiro atoms. The van der Waals surface area contributed by atoms with E-state index in [0.29, 0.717) is 24.0 Å². The minimum Gasteiger partial charge on any atom is -0.394 e. The van der Waals surface area contributed by atoms with Gasteiger partial charge < -0.3 is 25.0 Å². The molecule has 7 nitrogen and oxygen atoms in total. The van der Waals surface area contributed by atoms with Crippen molar-refractivity contribution in [3.05, 3.63) is 34.6 Å². The van der Waals surface area contributed by atoms with Gasteiger partial charge in [0.15, 0.2) is 0 Å². The Morgan fingerprint density at radius 3 is 2.66 bits per heavy atom. The predicted octanol–water partition coefficient (Wildman–Crippen LogP) is 3.16. The van der Waals surface area contributed by atoms with Gasteiger partial charge in [0.25, 0.3) is 5.91 Å².